The van der Waals surface area contributed by atoms with Gasteiger partial charge < -0.3 is 4.90 Å². The zero-order valence-electron chi connectivity index (χ0n) is 9.96. The molecular formula is C15H11Cl2NO. The third-order valence-corrected chi connectivity index (χ3v) is 4.06. The molecule has 1 heterocycles. The van der Waals surface area contributed by atoms with E-state index < -0.39 is 5.38 Å². The van der Waals surface area contributed by atoms with Crippen LogP contribution in [0.5, 0.6) is 0 Å². The van der Waals surface area contributed by atoms with Crippen molar-refractivity contribution in [3.8, 4) is 0 Å². The van der Waals surface area contributed by atoms with E-state index in [1.165, 1.54) is 0 Å². The summed E-state index contributed by atoms with van der Waals surface area (Å²) in [6.45, 7) is 0. The molecule has 0 aromatic heterocycles. The lowest BCUT2D eigenvalue weighted by molar-refractivity contribution is -0.123. The average molecular weight is 292 g/mol. The second-order valence-corrected chi connectivity index (χ2v) is 5.29. The summed E-state index contributed by atoms with van der Waals surface area (Å²) < 4.78 is 0. The van der Waals surface area contributed by atoms with Crippen molar-refractivity contribution >= 4 is 34.8 Å². The maximum atomic E-state index is 12.0. The van der Waals surface area contributed by atoms with Gasteiger partial charge in [-0.05, 0) is 23.8 Å². The Balaban J connectivity index is 2.01. The summed E-state index contributed by atoms with van der Waals surface area (Å²) in [6.07, 6.45) is 0. The van der Waals surface area contributed by atoms with Gasteiger partial charge in [-0.2, -0.15) is 0 Å². The number of anilines is 1. The topological polar surface area (TPSA) is 20.3 Å². The van der Waals surface area contributed by atoms with Gasteiger partial charge in [-0.25, -0.2) is 0 Å². The maximum Gasteiger partial charge on any atom is 0.248 e. The van der Waals surface area contributed by atoms with Crippen molar-refractivity contribution in [1.82, 2.24) is 0 Å². The fourth-order valence-corrected chi connectivity index (χ4v) is 2.94. The molecule has 1 saturated heterocycles. The molecule has 2 aromatic carbocycles. The summed E-state index contributed by atoms with van der Waals surface area (Å²) in [5.74, 6) is -0.0854. The number of benzene rings is 2. The van der Waals surface area contributed by atoms with Gasteiger partial charge in [-0.1, -0.05) is 48.0 Å². The van der Waals surface area contributed by atoms with Crippen molar-refractivity contribution in [2.45, 2.75) is 11.4 Å². The van der Waals surface area contributed by atoms with Gasteiger partial charge in [-0.3, -0.25) is 4.79 Å². The van der Waals surface area contributed by atoms with Crippen LogP contribution in [0.4, 0.5) is 5.69 Å². The first-order valence-corrected chi connectivity index (χ1v) is 6.78. The number of halogens is 2. The van der Waals surface area contributed by atoms with Crippen LogP contribution >= 0.6 is 23.2 Å². The number of alkyl halides is 1. The van der Waals surface area contributed by atoms with E-state index in [9.17, 15) is 4.79 Å². The summed E-state index contributed by atoms with van der Waals surface area (Å²) in [5, 5.41) is 0.0756. The fraction of sp³-hybridized carbons (Fsp3) is 0.133. The summed E-state index contributed by atoms with van der Waals surface area (Å²) in [4.78, 5) is 13.7. The lowest BCUT2D eigenvalue weighted by Gasteiger charge is -2.44. The third-order valence-electron chi connectivity index (χ3n) is 3.29. The maximum absolute atomic E-state index is 12.0. The molecule has 96 valence electrons. The quantitative estimate of drug-likeness (QED) is 0.604. The SMILES string of the molecule is O=C1[C@H](Cl)[C@H](c2ccccc2Cl)N1c1ccccc1. The first-order valence-electron chi connectivity index (χ1n) is 5.97. The molecule has 1 aliphatic rings. The molecule has 0 saturated carbocycles. The smallest absolute Gasteiger partial charge is 0.248 e. The van der Waals surface area contributed by atoms with E-state index in [2.05, 4.69) is 0 Å². The highest BCUT2D eigenvalue weighted by molar-refractivity contribution is 6.38. The summed E-state index contributed by atoms with van der Waals surface area (Å²) >= 11 is 12.4. The molecular weight excluding hydrogens is 281 g/mol. The summed E-state index contributed by atoms with van der Waals surface area (Å²) in [7, 11) is 0. The van der Waals surface area contributed by atoms with Crippen LogP contribution in [0.25, 0.3) is 0 Å². The zero-order chi connectivity index (χ0) is 13.4. The standard InChI is InChI=1S/C15H11Cl2NO/c16-12-9-5-4-8-11(12)14-13(17)15(19)18(14)10-6-2-1-3-7-10/h1-9,13-14H/t13-,14+/m1/s1. The molecule has 3 rings (SSSR count). The van der Waals surface area contributed by atoms with E-state index in [-0.39, 0.29) is 11.9 Å². The van der Waals surface area contributed by atoms with Crippen molar-refractivity contribution in [2.24, 2.45) is 0 Å². The van der Waals surface area contributed by atoms with Gasteiger partial charge in [0.2, 0.25) is 5.91 Å². The van der Waals surface area contributed by atoms with E-state index in [1.54, 1.807) is 4.90 Å². The van der Waals surface area contributed by atoms with Gasteiger partial charge in [0.05, 0.1) is 6.04 Å². The number of amides is 1. The molecule has 19 heavy (non-hydrogen) atoms. The van der Waals surface area contributed by atoms with Gasteiger partial charge in [0, 0.05) is 10.7 Å². The largest absolute Gasteiger partial charge is 0.301 e. The van der Waals surface area contributed by atoms with Crippen LogP contribution in [0.3, 0.4) is 0 Å². The molecule has 1 aliphatic heterocycles. The number of hydrogen-bond donors (Lipinski definition) is 0. The van der Waals surface area contributed by atoms with Gasteiger partial charge >= 0.3 is 0 Å². The lowest BCUT2D eigenvalue weighted by Crippen LogP contribution is -2.56. The predicted molar refractivity (Wildman–Crippen MR) is 77.8 cm³/mol. The Morgan fingerprint density at radius 3 is 2.26 bits per heavy atom. The van der Waals surface area contributed by atoms with E-state index in [1.807, 2.05) is 54.6 Å². The van der Waals surface area contributed by atoms with Crippen LogP contribution in [-0.4, -0.2) is 11.3 Å². The Hall–Kier alpha value is -1.51. The van der Waals surface area contributed by atoms with Crippen LogP contribution < -0.4 is 4.90 Å². The average Bonchev–Trinajstić information content (AvgIpc) is 2.46. The Labute approximate surface area is 121 Å². The van der Waals surface area contributed by atoms with Crippen molar-refractivity contribution < 1.29 is 4.79 Å². The first kappa shape index (κ1) is 12.5. The molecule has 1 fully saturated rings. The number of hydrogen-bond acceptors (Lipinski definition) is 1. The van der Waals surface area contributed by atoms with Gasteiger partial charge in [0.15, 0.2) is 0 Å². The van der Waals surface area contributed by atoms with Crippen LogP contribution in [-0.2, 0) is 4.79 Å². The van der Waals surface area contributed by atoms with E-state index in [0.29, 0.717) is 5.02 Å². The highest BCUT2D eigenvalue weighted by Crippen LogP contribution is 2.43. The second kappa shape index (κ2) is 4.87. The predicted octanol–water partition coefficient (Wildman–Crippen LogP) is 4.04. The highest BCUT2D eigenvalue weighted by Gasteiger charge is 2.48. The molecule has 0 unspecified atom stereocenters. The highest BCUT2D eigenvalue weighted by atomic mass is 35.5. The summed E-state index contributed by atoms with van der Waals surface area (Å²) in [6, 6.07) is 16.8. The molecule has 2 aromatic rings. The van der Waals surface area contributed by atoms with Gasteiger partial charge in [-0.15, -0.1) is 11.6 Å². The Kier molecular flexibility index (Phi) is 3.21. The van der Waals surface area contributed by atoms with Crippen LogP contribution in [0.2, 0.25) is 5.02 Å². The Bertz CT molecular complexity index is 615. The number of carbonyl (C=O) groups is 1. The van der Waals surface area contributed by atoms with Crippen molar-refractivity contribution in [1.29, 1.82) is 0 Å². The molecule has 0 bridgehead atoms. The molecule has 2 atom stereocenters. The monoisotopic (exact) mass is 291 g/mol. The van der Waals surface area contributed by atoms with Crippen LogP contribution in [0, 0.1) is 0 Å². The third kappa shape index (κ3) is 2.01. The van der Waals surface area contributed by atoms with E-state index in [4.69, 9.17) is 23.2 Å². The number of nitrogens with zero attached hydrogens (tertiary/aromatic N) is 1. The molecule has 0 spiro atoms. The minimum absolute atomic E-state index is 0.0854. The Morgan fingerprint density at radius 2 is 1.58 bits per heavy atom. The normalized spacial score (nSPS) is 22.2. The van der Waals surface area contributed by atoms with Crippen LogP contribution in [0.15, 0.2) is 54.6 Å². The van der Waals surface area contributed by atoms with Crippen LogP contribution in [0.1, 0.15) is 11.6 Å². The molecule has 0 radical (unpaired) electrons. The molecule has 0 aliphatic carbocycles. The fourth-order valence-electron chi connectivity index (χ4n) is 2.34. The molecule has 4 heteroatoms. The Morgan fingerprint density at radius 1 is 0.947 bits per heavy atom. The first-order chi connectivity index (χ1) is 9.20. The summed E-state index contributed by atoms with van der Waals surface area (Å²) in [5.41, 5.74) is 1.72. The van der Waals surface area contributed by atoms with Crippen molar-refractivity contribution in [3.05, 3.63) is 65.2 Å². The van der Waals surface area contributed by atoms with Crippen molar-refractivity contribution in [3.63, 3.8) is 0 Å². The van der Waals surface area contributed by atoms with Gasteiger partial charge in [0.1, 0.15) is 5.38 Å². The number of para-hydroxylation sites is 1. The number of β-lactam (4-membered cyclic amide) rings is 1. The molecule has 0 N–H and O–H groups in total. The van der Waals surface area contributed by atoms with Gasteiger partial charge in [0.25, 0.3) is 0 Å². The molecule has 2 nitrogen and oxygen atoms in total. The number of carbonyl (C=O) groups excluding carboxylic acids is 1. The van der Waals surface area contributed by atoms with E-state index >= 15 is 0 Å². The van der Waals surface area contributed by atoms with Crippen molar-refractivity contribution in [2.75, 3.05) is 4.90 Å². The molecule has 1 amide bonds. The second-order valence-electron chi connectivity index (χ2n) is 4.41. The van der Waals surface area contributed by atoms with E-state index in [0.717, 1.165) is 11.3 Å². The number of rotatable bonds is 2. The zero-order valence-corrected chi connectivity index (χ0v) is 11.5. The minimum atomic E-state index is -0.555. The minimum Gasteiger partial charge on any atom is -0.301 e. The lowest BCUT2D eigenvalue weighted by atomic mass is 9.92.